The molecule has 0 amide bonds. The van der Waals surface area contributed by atoms with Crippen LogP contribution in [0.1, 0.15) is 12.0 Å². The average molecular weight is 268 g/mol. The van der Waals surface area contributed by atoms with Gasteiger partial charge in [-0.1, -0.05) is 11.6 Å². The van der Waals surface area contributed by atoms with Crippen molar-refractivity contribution in [3.05, 3.63) is 22.8 Å². The van der Waals surface area contributed by atoms with Crippen LogP contribution in [0.25, 0.3) is 0 Å². The van der Waals surface area contributed by atoms with E-state index in [0.717, 1.165) is 6.42 Å². The molecular weight excluding hydrogens is 254 g/mol. The molecule has 0 radical (unpaired) electrons. The van der Waals surface area contributed by atoms with Crippen molar-refractivity contribution in [2.24, 2.45) is 0 Å². The van der Waals surface area contributed by atoms with E-state index in [9.17, 15) is 0 Å². The molecular formula is C12H14ClN3O2. The summed E-state index contributed by atoms with van der Waals surface area (Å²) < 4.78 is 10.8. The molecule has 1 unspecified atom stereocenters. The van der Waals surface area contributed by atoms with Crippen molar-refractivity contribution in [3.8, 4) is 6.07 Å². The molecule has 1 aromatic rings. The Labute approximate surface area is 111 Å². The van der Waals surface area contributed by atoms with Gasteiger partial charge >= 0.3 is 0 Å². The largest absolute Gasteiger partial charge is 0.378 e. The summed E-state index contributed by atoms with van der Waals surface area (Å²) in [6, 6.07) is 5.22. The highest BCUT2D eigenvalue weighted by Gasteiger charge is 2.34. The molecule has 1 atom stereocenters. The minimum absolute atomic E-state index is 0.297. The Morgan fingerprint density at radius 1 is 1.67 bits per heavy atom. The Kier molecular flexibility index (Phi) is 4.02. The van der Waals surface area contributed by atoms with E-state index in [4.69, 9.17) is 26.3 Å². The van der Waals surface area contributed by atoms with Gasteiger partial charge in [-0.05, 0) is 12.1 Å². The lowest BCUT2D eigenvalue weighted by molar-refractivity contribution is -0.00625. The molecule has 1 aromatic heterocycles. The van der Waals surface area contributed by atoms with Crippen molar-refractivity contribution in [2.45, 2.75) is 12.0 Å². The summed E-state index contributed by atoms with van der Waals surface area (Å²) in [5, 5.41) is 12.3. The van der Waals surface area contributed by atoms with Crippen LogP contribution in [0.2, 0.25) is 5.15 Å². The van der Waals surface area contributed by atoms with Crippen molar-refractivity contribution in [3.63, 3.8) is 0 Å². The fourth-order valence-corrected chi connectivity index (χ4v) is 2.07. The number of rotatable bonds is 4. The summed E-state index contributed by atoms with van der Waals surface area (Å²) in [5.41, 5.74) is 0.156. The summed E-state index contributed by atoms with van der Waals surface area (Å²) in [6.45, 7) is 1.83. The van der Waals surface area contributed by atoms with E-state index in [-0.39, 0.29) is 5.60 Å². The third kappa shape index (κ3) is 2.91. The van der Waals surface area contributed by atoms with Crippen LogP contribution < -0.4 is 5.32 Å². The first kappa shape index (κ1) is 13.1. The second kappa shape index (κ2) is 5.53. The Balaban J connectivity index is 2.06. The van der Waals surface area contributed by atoms with Gasteiger partial charge in [0.05, 0.1) is 18.2 Å². The molecule has 1 fully saturated rings. The van der Waals surface area contributed by atoms with Crippen LogP contribution in [-0.4, -0.2) is 37.5 Å². The molecule has 0 spiro atoms. The summed E-state index contributed by atoms with van der Waals surface area (Å²) in [6.07, 6.45) is 0.835. The predicted molar refractivity (Wildman–Crippen MR) is 67.6 cm³/mol. The average Bonchev–Trinajstić information content (AvgIpc) is 2.85. The predicted octanol–water partition coefficient (Wildman–Crippen LogP) is 1.82. The van der Waals surface area contributed by atoms with E-state index in [1.165, 1.54) is 6.07 Å². The van der Waals surface area contributed by atoms with Crippen LogP contribution in [0.4, 0.5) is 5.82 Å². The van der Waals surface area contributed by atoms with Gasteiger partial charge in [0.1, 0.15) is 16.6 Å². The highest BCUT2D eigenvalue weighted by Crippen LogP contribution is 2.23. The number of anilines is 1. The van der Waals surface area contributed by atoms with E-state index in [1.807, 2.05) is 6.07 Å². The van der Waals surface area contributed by atoms with Crippen LogP contribution in [0.3, 0.4) is 0 Å². The first-order valence-corrected chi connectivity index (χ1v) is 6.00. The lowest BCUT2D eigenvalue weighted by Gasteiger charge is -2.26. The second-order valence-electron chi connectivity index (χ2n) is 4.22. The van der Waals surface area contributed by atoms with Gasteiger partial charge in [0.2, 0.25) is 0 Å². The van der Waals surface area contributed by atoms with Crippen molar-refractivity contribution in [2.75, 3.05) is 32.2 Å². The molecule has 2 rings (SSSR count). The first-order valence-electron chi connectivity index (χ1n) is 5.62. The maximum Gasteiger partial charge on any atom is 0.132 e. The SMILES string of the molecule is COC1(CNc2cc(C#N)cc(Cl)n2)CCOC1. The molecule has 6 heteroatoms. The maximum atomic E-state index is 8.85. The van der Waals surface area contributed by atoms with E-state index >= 15 is 0 Å². The number of nitriles is 1. The highest BCUT2D eigenvalue weighted by atomic mass is 35.5. The summed E-state index contributed by atoms with van der Waals surface area (Å²) in [7, 11) is 1.67. The number of methoxy groups -OCH3 is 1. The zero-order valence-corrected chi connectivity index (χ0v) is 10.8. The van der Waals surface area contributed by atoms with Crippen LogP contribution in [0.15, 0.2) is 12.1 Å². The Morgan fingerprint density at radius 2 is 2.50 bits per heavy atom. The number of pyridine rings is 1. The number of hydrogen-bond acceptors (Lipinski definition) is 5. The Bertz CT molecular complexity index is 467. The first-order chi connectivity index (χ1) is 8.67. The van der Waals surface area contributed by atoms with Gasteiger partial charge in [-0.2, -0.15) is 5.26 Å². The quantitative estimate of drug-likeness (QED) is 0.843. The molecule has 1 aliphatic rings. The zero-order valence-electron chi connectivity index (χ0n) is 10.1. The molecule has 1 aliphatic heterocycles. The van der Waals surface area contributed by atoms with Crippen LogP contribution in [-0.2, 0) is 9.47 Å². The molecule has 0 aromatic carbocycles. The van der Waals surface area contributed by atoms with Crippen molar-refractivity contribution < 1.29 is 9.47 Å². The van der Waals surface area contributed by atoms with Gasteiger partial charge in [-0.3, -0.25) is 0 Å². The van der Waals surface area contributed by atoms with E-state index < -0.39 is 0 Å². The van der Waals surface area contributed by atoms with Crippen molar-refractivity contribution in [1.29, 1.82) is 5.26 Å². The molecule has 0 bridgehead atoms. The lowest BCUT2D eigenvalue weighted by Crippen LogP contribution is -2.39. The van der Waals surface area contributed by atoms with E-state index in [2.05, 4.69) is 10.3 Å². The Morgan fingerprint density at radius 3 is 3.11 bits per heavy atom. The second-order valence-corrected chi connectivity index (χ2v) is 4.61. The third-order valence-electron chi connectivity index (χ3n) is 3.02. The third-order valence-corrected chi connectivity index (χ3v) is 3.21. The normalized spacial score (nSPS) is 22.7. The van der Waals surface area contributed by atoms with Gasteiger partial charge in [-0.15, -0.1) is 0 Å². The number of ether oxygens (including phenoxy) is 2. The van der Waals surface area contributed by atoms with E-state index in [1.54, 1.807) is 13.2 Å². The number of halogens is 1. The molecule has 1 N–H and O–H groups in total. The number of aromatic nitrogens is 1. The highest BCUT2D eigenvalue weighted by molar-refractivity contribution is 6.29. The van der Waals surface area contributed by atoms with Gasteiger partial charge < -0.3 is 14.8 Å². The summed E-state index contributed by atoms with van der Waals surface area (Å²) in [5.74, 6) is 0.572. The molecule has 2 heterocycles. The van der Waals surface area contributed by atoms with Gasteiger partial charge in [0.15, 0.2) is 0 Å². The fraction of sp³-hybridized carbons (Fsp3) is 0.500. The van der Waals surface area contributed by atoms with Crippen LogP contribution in [0, 0.1) is 11.3 Å². The minimum atomic E-state index is -0.323. The van der Waals surface area contributed by atoms with Gasteiger partial charge in [0, 0.05) is 26.7 Å². The zero-order chi connectivity index (χ0) is 13.0. The number of nitrogens with zero attached hydrogens (tertiary/aromatic N) is 2. The maximum absolute atomic E-state index is 8.85. The van der Waals surface area contributed by atoms with Crippen LogP contribution in [0.5, 0.6) is 0 Å². The van der Waals surface area contributed by atoms with Crippen molar-refractivity contribution in [1.82, 2.24) is 4.98 Å². The standard InChI is InChI=1S/C12H14ClN3O2/c1-17-12(2-3-18-8-12)7-15-11-5-9(6-14)4-10(13)16-11/h4-5H,2-3,7-8H2,1H3,(H,15,16). The van der Waals surface area contributed by atoms with E-state index in [0.29, 0.717) is 36.3 Å². The smallest absolute Gasteiger partial charge is 0.132 e. The number of hydrogen-bond donors (Lipinski definition) is 1. The monoisotopic (exact) mass is 267 g/mol. The molecule has 1 saturated heterocycles. The molecule has 0 aliphatic carbocycles. The lowest BCUT2D eigenvalue weighted by atomic mass is 10.0. The number of nitrogens with one attached hydrogen (secondary N) is 1. The summed E-state index contributed by atoms with van der Waals surface area (Å²) in [4.78, 5) is 4.11. The summed E-state index contributed by atoms with van der Waals surface area (Å²) >= 11 is 5.83. The molecule has 96 valence electrons. The topological polar surface area (TPSA) is 67.2 Å². The van der Waals surface area contributed by atoms with Crippen LogP contribution >= 0.6 is 11.6 Å². The van der Waals surface area contributed by atoms with Gasteiger partial charge in [0.25, 0.3) is 0 Å². The minimum Gasteiger partial charge on any atom is -0.378 e. The molecule has 0 saturated carbocycles. The van der Waals surface area contributed by atoms with Crippen molar-refractivity contribution >= 4 is 17.4 Å². The Hall–Kier alpha value is -1.35. The molecule has 18 heavy (non-hydrogen) atoms. The van der Waals surface area contributed by atoms with Gasteiger partial charge in [-0.25, -0.2) is 4.98 Å². The molecule has 5 nitrogen and oxygen atoms in total. The fourth-order valence-electron chi connectivity index (χ4n) is 1.86.